The summed E-state index contributed by atoms with van der Waals surface area (Å²) in [6.07, 6.45) is 4.48. The molecule has 2 N–H and O–H groups in total. The van der Waals surface area contributed by atoms with Crippen molar-refractivity contribution in [2.45, 2.75) is 37.8 Å². The summed E-state index contributed by atoms with van der Waals surface area (Å²) in [5.41, 5.74) is 0.551. The number of benzene rings is 1. The lowest BCUT2D eigenvalue weighted by molar-refractivity contribution is 0.0916. The highest BCUT2D eigenvalue weighted by atomic mass is 35.5. The lowest BCUT2D eigenvalue weighted by atomic mass is 9.90. The fourth-order valence-electron chi connectivity index (χ4n) is 2.54. The number of hydrogen-bond acceptors (Lipinski definition) is 2. The van der Waals surface area contributed by atoms with Crippen molar-refractivity contribution >= 4 is 29.1 Å². The Morgan fingerprint density at radius 3 is 2.47 bits per heavy atom. The number of hydrogen-bond donors (Lipinski definition) is 2. The van der Waals surface area contributed by atoms with Crippen LogP contribution in [-0.4, -0.2) is 25.0 Å². The molecule has 104 valence electrons. The van der Waals surface area contributed by atoms with E-state index in [2.05, 4.69) is 10.6 Å². The van der Waals surface area contributed by atoms with Crippen molar-refractivity contribution < 1.29 is 4.79 Å². The maximum atomic E-state index is 12.2. The van der Waals surface area contributed by atoms with Gasteiger partial charge in [-0.2, -0.15) is 0 Å². The molecule has 0 aliphatic heterocycles. The van der Waals surface area contributed by atoms with E-state index in [0.29, 0.717) is 21.7 Å². The van der Waals surface area contributed by atoms with Gasteiger partial charge in [-0.25, -0.2) is 0 Å². The van der Waals surface area contributed by atoms with E-state index in [1.807, 2.05) is 7.05 Å². The minimum atomic E-state index is -0.0919. The standard InChI is InChI=1S/C14H18Cl2N2O/c1-17-12-4-2-3-5-13(12)18-14(19)9-6-7-10(15)11(16)8-9/h6-8,12-13,17H,2-5H2,1H3,(H,18,19)/t12-,13+/m0/s1. The Balaban J connectivity index is 2.05. The molecule has 0 radical (unpaired) electrons. The van der Waals surface area contributed by atoms with Gasteiger partial charge in [0.2, 0.25) is 0 Å². The zero-order chi connectivity index (χ0) is 13.8. The highest BCUT2D eigenvalue weighted by Gasteiger charge is 2.25. The topological polar surface area (TPSA) is 41.1 Å². The zero-order valence-corrected chi connectivity index (χ0v) is 12.4. The lowest BCUT2D eigenvalue weighted by Crippen LogP contribution is -2.50. The first-order valence-corrected chi connectivity index (χ1v) is 7.30. The van der Waals surface area contributed by atoms with Crippen molar-refractivity contribution in [3.05, 3.63) is 33.8 Å². The third-order valence-corrected chi connectivity index (χ3v) is 4.37. The molecular weight excluding hydrogens is 283 g/mol. The van der Waals surface area contributed by atoms with Crippen molar-refractivity contribution in [1.82, 2.24) is 10.6 Å². The first kappa shape index (κ1) is 14.6. The molecule has 3 nitrogen and oxygen atoms in total. The first-order chi connectivity index (χ1) is 9.11. The smallest absolute Gasteiger partial charge is 0.251 e. The van der Waals surface area contributed by atoms with Crippen molar-refractivity contribution in [3.63, 3.8) is 0 Å². The average Bonchev–Trinajstić information content (AvgIpc) is 2.42. The van der Waals surface area contributed by atoms with Crippen LogP contribution >= 0.6 is 23.2 Å². The number of carbonyl (C=O) groups is 1. The van der Waals surface area contributed by atoms with Crippen LogP contribution in [0, 0.1) is 0 Å². The monoisotopic (exact) mass is 300 g/mol. The Hall–Kier alpha value is -0.770. The highest BCUT2D eigenvalue weighted by molar-refractivity contribution is 6.42. The predicted octanol–water partition coefficient (Wildman–Crippen LogP) is 3.25. The van der Waals surface area contributed by atoms with Gasteiger partial charge in [0, 0.05) is 17.6 Å². The van der Waals surface area contributed by atoms with Gasteiger partial charge in [-0.3, -0.25) is 4.79 Å². The van der Waals surface area contributed by atoms with Crippen LogP contribution in [0.1, 0.15) is 36.0 Å². The van der Waals surface area contributed by atoms with Crippen molar-refractivity contribution in [3.8, 4) is 0 Å². The van der Waals surface area contributed by atoms with Crippen molar-refractivity contribution in [2.24, 2.45) is 0 Å². The minimum Gasteiger partial charge on any atom is -0.348 e. The summed E-state index contributed by atoms with van der Waals surface area (Å²) >= 11 is 11.8. The fourth-order valence-corrected chi connectivity index (χ4v) is 2.84. The van der Waals surface area contributed by atoms with Crippen LogP contribution in [0.4, 0.5) is 0 Å². The van der Waals surface area contributed by atoms with Crippen molar-refractivity contribution in [2.75, 3.05) is 7.05 Å². The molecule has 1 aliphatic carbocycles. The Morgan fingerprint density at radius 2 is 1.84 bits per heavy atom. The van der Waals surface area contributed by atoms with E-state index in [0.717, 1.165) is 19.3 Å². The second-order valence-electron chi connectivity index (χ2n) is 4.89. The predicted molar refractivity (Wildman–Crippen MR) is 79.0 cm³/mol. The van der Waals surface area contributed by atoms with Gasteiger partial charge in [0.05, 0.1) is 10.0 Å². The second kappa shape index (κ2) is 6.60. The molecule has 19 heavy (non-hydrogen) atoms. The molecule has 1 aromatic rings. The maximum absolute atomic E-state index is 12.2. The number of carbonyl (C=O) groups excluding carboxylic acids is 1. The summed E-state index contributed by atoms with van der Waals surface area (Å²) < 4.78 is 0. The van der Waals surface area contributed by atoms with E-state index in [-0.39, 0.29) is 11.9 Å². The summed E-state index contributed by atoms with van der Waals surface area (Å²) in [5.74, 6) is -0.0919. The fraction of sp³-hybridized carbons (Fsp3) is 0.500. The molecular formula is C14H18Cl2N2O. The molecule has 1 saturated carbocycles. The van der Waals surface area contributed by atoms with Gasteiger partial charge >= 0.3 is 0 Å². The largest absolute Gasteiger partial charge is 0.348 e. The molecule has 2 rings (SSSR count). The van der Waals surface area contributed by atoms with Gasteiger partial charge in [0.15, 0.2) is 0 Å². The first-order valence-electron chi connectivity index (χ1n) is 6.55. The molecule has 0 spiro atoms. The summed E-state index contributed by atoms with van der Waals surface area (Å²) in [6, 6.07) is 5.48. The number of rotatable bonds is 3. The van der Waals surface area contributed by atoms with Crippen LogP contribution in [0.5, 0.6) is 0 Å². The van der Waals surface area contributed by atoms with Gasteiger partial charge in [-0.15, -0.1) is 0 Å². The number of nitrogens with one attached hydrogen (secondary N) is 2. The molecule has 1 fully saturated rings. The van der Waals surface area contributed by atoms with Crippen LogP contribution in [0.15, 0.2) is 18.2 Å². The van der Waals surface area contributed by atoms with E-state index < -0.39 is 0 Å². The molecule has 0 heterocycles. The van der Waals surface area contributed by atoms with E-state index in [1.165, 1.54) is 6.42 Å². The van der Waals surface area contributed by atoms with Crippen LogP contribution in [0.2, 0.25) is 10.0 Å². The van der Waals surface area contributed by atoms with E-state index >= 15 is 0 Å². The average molecular weight is 301 g/mol. The Morgan fingerprint density at radius 1 is 1.16 bits per heavy atom. The van der Waals surface area contributed by atoms with Crippen molar-refractivity contribution in [1.29, 1.82) is 0 Å². The maximum Gasteiger partial charge on any atom is 0.251 e. The molecule has 0 unspecified atom stereocenters. The molecule has 1 aromatic carbocycles. The molecule has 5 heteroatoms. The van der Waals surface area contributed by atoms with E-state index in [9.17, 15) is 4.79 Å². The van der Waals surface area contributed by atoms with Gasteiger partial charge in [-0.1, -0.05) is 36.0 Å². The molecule has 0 aromatic heterocycles. The lowest BCUT2D eigenvalue weighted by Gasteiger charge is -2.31. The van der Waals surface area contributed by atoms with Gasteiger partial charge in [0.1, 0.15) is 0 Å². The molecule has 1 amide bonds. The van der Waals surface area contributed by atoms with E-state index in [4.69, 9.17) is 23.2 Å². The van der Waals surface area contributed by atoms with Crippen LogP contribution in [0.25, 0.3) is 0 Å². The number of amides is 1. The number of likely N-dealkylation sites (N-methyl/N-ethyl adjacent to an activating group) is 1. The van der Waals surface area contributed by atoms with E-state index in [1.54, 1.807) is 18.2 Å². The zero-order valence-electron chi connectivity index (χ0n) is 10.9. The van der Waals surface area contributed by atoms with Gasteiger partial charge < -0.3 is 10.6 Å². The third kappa shape index (κ3) is 3.62. The van der Waals surface area contributed by atoms with Crippen LogP contribution < -0.4 is 10.6 Å². The molecule has 0 bridgehead atoms. The SMILES string of the molecule is CN[C@H]1CCCC[C@H]1NC(=O)c1ccc(Cl)c(Cl)c1. The molecule has 1 aliphatic rings. The Labute approximate surface area is 123 Å². The normalized spacial score (nSPS) is 23.1. The highest BCUT2D eigenvalue weighted by Crippen LogP contribution is 2.23. The summed E-state index contributed by atoms with van der Waals surface area (Å²) in [7, 11) is 1.94. The number of halogens is 2. The summed E-state index contributed by atoms with van der Waals surface area (Å²) in [5, 5.41) is 7.22. The Kier molecular flexibility index (Phi) is 5.08. The second-order valence-corrected chi connectivity index (χ2v) is 5.70. The Bertz CT molecular complexity index is 465. The van der Waals surface area contributed by atoms with Gasteiger partial charge in [-0.05, 0) is 38.1 Å². The minimum absolute atomic E-state index is 0.0919. The van der Waals surface area contributed by atoms with Crippen LogP contribution in [0.3, 0.4) is 0 Å². The molecule has 2 atom stereocenters. The van der Waals surface area contributed by atoms with Gasteiger partial charge in [0.25, 0.3) is 5.91 Å². The molecule has 0 saturated heterocycles. The van der Waals surface area contributed by atoms with Crippen LogP contribution in [-0.2, 0) is 0 Å². The summed E-state index contributed by atoms with van der Waals surface area (Å²) in [4.78, 5) is 12.2. The quantitative estimate of drug-likeness (QED) is 0.900. The summed E-state index contributed by atoms with van der Waals surface area (Å²) in [6.45, 7) is 0. The third-order valence-electron chi connectivity index (χ3n) is 3.64.